The molecule has 0 radical (unpaired) electrons. The topological polar surface area (TPSA) is 68.8 Å². The number of aliphatic imine (C=N–C) groups is 1. The number of anilines is 1. The van der Waals surface area contributed by atoms with E-state index in [1.807, 2.05) is 49.5 Å². The molecule has 1 aliphatic heterocycles. The molecule has 1 unspecified atom stereocenters. The van der Waals surface area contributed by atoms with Gasteiger partial charge in [-0.15, -0.1) is 0 Å². The van der Waals surface area contributed by atoms with Crippen LogP contribution >= 0.6 is 23.8 Å². The molecule has 3 N–H and O–H groups in total. The molecule has 4 rings (SSSR count). The van der Waals surface area contributed by atoms with Gasteiger partial charge in [0.15, 0.2) is 5.11 Å². The Bertz CT molecular complexity index is 1210. The smallest absolute Gasteiger partial charge is 0.272 e. The van der Waals surface area contributed by atoms with Gasteiger partial charge in [-0.05, 0) is 48.6 Å². The Hall–Kier alpha value is -3.26. The van der Waals surface area contributed by atoms with Gasteiger partial charge in [-0.1, -0.05) is 66.2 Å². The molecule has 1 heterocycles. The van der Waals surface area contributed by atoms with Crippen molar-refractivity contribution in [3.63, 3.8) is 0 Å². The number of halogens is 1. The zero-order chi connectivity index (χ0) is 24.1. The molecule has 1 aliphatic rings. The van der Waals surface area contributed by atoms with Crippen molar-refractivity contribution in [1.29, 1.82) is 0 Å². The van der Waals surface area contributed by atoms with E-state index in [0.29, 0.717) is 22.4 Å². The number of hydrogen-bond donors (Lipinski definition) is 3. The Kier molecular flexibility index (Phi) is 7.57. The van der Waals surface area contributed by atoms with Crippen LogP contribution in [0.1, 0.15) is 22.3 Å². The summed E-state index contributed by atoms with van der Waals surface area (Å²) in [7, 11) is 3.65. The summed E-state index contributed by atoms with van der Waals surface area (Å²) < 4.78 is 0. The largest absolute Gasteiger partial charge is 0.359 e. The van der Waals surface area contributed by atoms with Gasteiger partial charge < -0.3 is 20.9 Å². The van der Waals surface area contributed by atoms with Crippen LogP contribution in [-0.4, -0.2) is 37.0 Å². The summed E-state index contributed by atoms with van der Waals surface area (Å²) in [6.07, 6.45) is -0.885. The second-order valence-electron chi connectivity index (χ2n) is 7.98. The predicted molar refractivity (Wildman–Crippen MR) is 143 cm³/mol. The molecule has 0 aromatic heterocycles. The zero-order valence-corrected chi connectivity index (χ0v) is 20.6. The molecule has 0 spiro atoms. The van der Waals surface area contributed by atoms with Gasteiger partial charge in [-0.25, -0.2) is 4.99 Å². The number of benzodiazepines with no additional fused rings is 1. The molecule has 34 heavy (non-hydrogen) atoms. The van der Waals surface area contributed by atoms with Gasteiger partial charge in [0.05, 0.1) is 11.4 Å². The van der Waals surface area contributed by atoms with Gasteiger partial charge in [-0.3, -0.25) is 4.79 Å². The second-order valence-corrected chi connectivity index (χ2v) is 8.82. The Labute approximate surface area is 210 Å². The lowest BCUT2D eigenvalue weighted by Gasteiger charge is -2.22. The third-order valence-electron chi connectivity index (χ3n) is 5.57. The molecule has 6 nitrogen and oxygen atoms in total. The maximum absolute atomic E-state index is 13.3. The van der Waals surface area contributed by atoms with Crippen LogP contribution in [-0.2, 0) is 17.9 Å². The van der Waals surface area contributed by atoms with Crippen molar-refractivity contribution in [2.45, 2.75) is 19.3 Å². The average Bonchev–Trinajstić information content (AvgIpc) is 2.94. The normalized spacial score (nSPS) is 15.3. The summed E-state index contributed by atoms with van der Waals surface area (Å²) in [6.45, 7) is 1.36. The fourth-order valence-electron chi connectivity index (χ4n) is 3.80. The lowest BCUT2D eigenvalue weighted by molar-refractivity contribution is -0.119. The number of nitrogens with zero attached hydrogens (tertiary/aromatic N) is 2. The summed E-state index contributed by atoms with van der Waals surface area (Å²) >= 11 is 11.8. The molecule has 0 fully saturated rings. The van der Waals surface area contributed by atoms with E-state index >= 15 is 0 Å². The van der Waals surface area contributed by atoms with E-state index in [2.05, 4.69) is 40.2 Å². The molecule has 1 atom stereocenters. The zero-order valence-electron chi connectivity index (χ0n) is 19.0. The fourth-order valence-corrected chi connectivity index (χ4v) is 4.16. The highest BCUT2D eigenvalue weighted by molar-refractivity contribution is 7.80. The van der Waals surface area contributed by atoms with Crippen molar-refractivity contribution in [1.82, 2.24) is 16.0 Å². The summed E-state index contributed by atoms with van der Waals surface area (Å²) in [6, 6.07) is 23.5. The van der Waals surface area contributed by atoms with Crippen LogP contribution in [0.2, 0.25) is 5.02 Å². The quantitative estimate of drug-likeness (QED) is 0.457. The summed E-state index contributed by atoms with van der Waals surface area (Å²) in [5.74, 6) is -0.213. The first-order valence-corrected chi connectivity index (χ1v) is 11.7. The monoisotopic (exact) mass is 491 g/mol. The molecule has 3 aromatic carbocycles. The van der Waals surface area contributed by atoms with Crippen LogP contribution in [0.4, 0.5) is 5.69 Å². The molecule has 0 aliphatic carbocycles. The molecule has 8 heteroatoms. The minimum Gasteiger partial charge on any atom is -0.359 e. The van der Waals surface area contributed by atoms with Crippen molar-refractivity contribution in [2.75, 3.05) is 19.0 Å². The number of nitrogens with one attached hydrogen (secondary N) is 3. The predicted octanol–water partition coefficient (Wildman–Crippen LogP) is 3.86. The van der Waals surface area contributed by atoms with Gasteiger partial charge in [0, 0.05) is 36.3 Å². The highest BCUT2D eigenvalue weighted by Crippen LogP contribution is 2.29. The molecule has 0 saturated carbocycles. The van der Waals surface area contributed by atoms with Gasteiger partial charge in [0.25, 0.3) is 5.91 Å². The van der Waals surface area contributed by atoms with Crippen molar-refractivity contribution >= 4 is 46.2 Å². The Morgan fingerprint density at radius 1 is 1.03 bits per heavy atom. The minimum absolute atomic E-state index is 0.213. The first kappa shape index (κ1) is 23.9. The Morgan fingerprint density at radius 2 is 1.71 bits per heavy atom. The van der Waals surface area contributed by atoms with Crippen LogP contribution in [0, 0.1) is 0 Å². The van der Waals surface area contributed by atoms with Crippen molar-refractivity contribution < 1.29 is 4.79 Å². The Morgan fingerprint density at radius 3 is 2.38 bits per heavy atom. The van der Waals surface area contributed by atoms with E-state index in [9.17, 15) is 4.79 Å². The van der Waals surface area contributed by atoms with Gasteiger partial charge >= 0.3 is 0 Å². The Balaban J connectivity index is 1.56. The third kappa shape index (κ3) is 5.44. The van der Waals surface area contributed by atoms with Crippen molar-refractivity contribution in [2.24, 2.45) is 4.99 Å². The van der Waals surface area contributed by atoms with Gasteiger partial charge in [-0.2, -0.15) is 0 Å². The number of fused-ring (bicyclic) bond motifs is 1. The average molecular weight is 492 g/mol. The number of rotatable bonds is 6. The molecule has 1 amide bonds. The number of thiocarbonyl (C=S) groups is 1. The summed E-state index contributed by atoms with van der Waals surface area (Å²) in [5.41, 5.74) is 5.39. The van der Waals surface area contributed by atoms with Crippen LogP contribution < -0.4 is 20.9 Å². The summed E-state index contributed by atoms with van der Waals surface area (Å²) in [4.78, 5) is 19.7. The lowest BCUT2D eigenvalue weighted by Crippen LogP contribution is -2.49. The van der Waals surface area contributed by atoms with Crippen molar-refractivity contribution in [3.8, 4) is 0 Å². The van der Waals surface area contributed by atoms with E-state index in [-0.39, 0.29) is 5.91 Å². The molecule has 0 bridgehead atoms. The second kappa shape index (κ2) is 10.8. The van der Waals surface area contributed by atoms with E-state index in [1.54, 1.807) is 18.0 Å². The first-order valence-electron chi connectivity index (χ1n) is 10.9. The van der Waals surface area contributed by atoms with Gasteiger partial charge in [0.1, 0.15) is 0 Å². The number of carbonyl (C=O) groups is 1. The van der Waals surface area contributed by atoms with Crippen LogP contribution in [0.25, 0.3) is 0 Å². The van der Waals surface area contributed by atoms with Crippen LogP contribution in [0.5, 0.6) is 0 Å². The lowest BCUT2D eigenvalue weighted by atomic mass is 10.0. The van der Waals surface area contributed by atoms with E-state index < -0.39 is 6.17 Å². The molecule has 0 saturated heterocycles. The third-order valence-corrected chi connectivity index (χ3v) is 6.07. The number of likely N-dealkylation sites (N-methyl/N-ethyl adjacent to an activating group) is 1. The first-order chi connectivity index (χ1) is 16.5. The standard InChI is InChI=1S/C26H26ClN5OS/c1-28-15-17-8-10-18(11-9-17)16-29-26(34)31-24-25(33)32(2)22-13-12-20(27)14-21(22)23(30-24)19-6-4-3-5-7-19/h3-14,24,28H,15-16H2,1-2H3,(H2,29,31,34). The maximum Gasteiger partial charge on any atom is 0.272 e. The van der Waals surface area contributed by atoms with Crippen LogP contribution in [0.3, 0.4) is 0 Å². The summed E-state index contributed by atoms with van der Waals surface area (Å²) in [5, 5.41) is 10.3. The molecular weight excluding hydrogens is 466 g/mol. The molecular formula is C26H26ClN5OS. The van der Waals surface area contributed by atoms with Crippen molar-refractivity contribution in [3.05, 3.63) is 100 Å². The molecule has 3 aromatic rings. The molecule has 174 valence electrons. The van der Waals surface area contributed by atoms with E-state index in [0.717, 1.165) is 28.9 Å². The number of carbonyl (C=O) groups excluding carboxylic acids is 1. The number of benzene rings is 3. The number of hydrogen-bond acceptors (Lipinski definition) is 4. The maximum atomic E-state index is 13.3. The van der Waals surface area contributed by atoms with E-state index in [1.165, 1.54) is 5.56 Å². The van der Waals surface area contributed by atoms with E-state index in [4.69, 9.17) is 28.8 Å². The fraction of sp³-hybridized carbons (Fsp3) is 0.192. The van der Waals surface area contributed by atoms with Gasteiger partial charge in [0.2, 0.25) is 6.17 Å². The minimum atomic E-state index is -0.885. The highest BCUT2D eigenvalue weighted by Gasteiger charge is 2.30. The highest BCUT2D eigenvalue weighted by atomic mass is 35.5. The number of amides is 1. The SMILES string of the molecule is CNCc1ccc(CNC(=S)NC2N=C(c3ccccc3)c3cc(Cl)ccc3N(C)C2=O)cc1. The van der Waals surface area contributed by atoms with Crippen LogP contribution in [0.15, 0.2) is 77.8 Å².